The van der Waals surface area contributed by atoms with Crippen LogP contribution in [0.4, 0.5) is 16.5 Å². The number of carbonyl (C=O) groups is 1. The Bertz CT molecular complexity index is 1200. The zero-order chi connectivity index (χ0) is 23.4. The summed E-state index contributed by atoms with van der Waals surface area (Å²) < 4.78 is 5.36. The lowest BCUT2D eigenvalue weighted by Crippen LogP contribution is -2.39. The molecule has 9 nitrogen and oxygen atoms in total. The van der Waals surface area contributed by atoms with Crippen LogP contribution in [0.15, 0.2) is 47.8 Å². The van der Waals surface area contributed by atoms with Gasteiger partial charge in [0.2, 0.25) is 0 Å². The van der Waals surface area contributed by atoms with Gasteiger partial charge < -0.3 is 15.0 Å². The van der Waals surface area contributed by atoms with Gasteiger partial charge in [-0.2, -0.15) is 0 Å². The van der Waals surface area contributed by atoms with E-state index in [2.05, 4.69) is 15.6 Å². The van der Waals surface area contributed by atoms with Crippen LogP contribution in [0.3, 0.4) is 0 Å². The van der Waals surface area contributed by atoms with Gasteiger partial charge in [0.25, 0.3) is 11.6 Å². The Hall–Kier alpha value is -3.12. The molecule has 0 spiro atoms. The number of nitro benzene ring substituents is 1. The first-order valence-electron chi connectivity index (χ1n) is 9.85. The molecule has 0 aliphatic carbocycles. The lowest BCUT2D eigenvalue weighted by Gasteiger charge is -2.30. The van der Waals surface area contributed by atoms with E-state index < -0.39 is 10.8 Å². The molecule has 1 fully saturated rings. The quantitative estimate of drug-likeness (QED) is 0.301. The van der Waals surface area contributed by atoms with E-state index >= 15 is 0 Å². The van der Waals surface area contributed by atoms with Crippen molar-refractivity contribution in [1.82, 2.24) is 10.3 Å². The molecular weight excluding hydrogens is 486 g/mol. The highest BCUT2D eigenvalue weighted by Crippen LogP contribution is 2.28. The minimum atomic E-state index is -0.549. The predicted octanol–water partition coefficient (Wildman–Crippen LogP) is 4.34. The number of non-ortho nitro benzene ring substituents is 1. The molecule has 0 atom stereocenters. The second-order valence-corrected chi connectivity index (χ2v) is 8.71. The standard InChI is InChI=1S/C21H18ClN5O4S2/c22-14-3-1-13(2-4-14)17-12-33-21(23-17)25-20(32)24-19(28)16-11-15(27(29)30)5-6-18(16)26-7-9-31-10-8-26/h1-6,11-12H,7-10H2,(H2,23,24,25,28,32). The third-order valence-electron chi connectivity index (χ3n) is 4.88. The molecule has 170 valence electrons. The molecule has 0 bridgehead atoms. The van der Waals surface area contributed by atoms with Crippen molar-refractivity contribution in [1.29, 1.82) is 0 Å². The van der Waals surface area contributed by atoms with E-state index in [1.807, 2.05) is 22.4 Å². The Labute approximate surface area is 203 Å². The molecule has 0 saturated carbocycles. The van der Waals surface area contributed by atoms with Gasteiger partial charge in [-0.3, -0.25) is 20.2 Å². The second kappa shape index (κ2) is 10.2. The number of aromatic nitrogens is 1. The van der Waals surface area contributed by atoms with Crippen LogP contribution in [0.5, 0.6) is 0 Å². The van der Waals surface area contributed by atoms with Crippen molar-refractivity contribution in [3.8, 4) is 11.3 Å². The molecule has 1 aliphatic heterocycles. The van der Waals surface area contributed by atoms with E-state index in [9.17, 15) is 14.9 Å². The van der Waals surface area contributed by atoms with E-state index in [0.29, 0.717) is 42.1 Å². The minimum Gasteiger partial charge on any atom is -0.378 e. The van der Waals surface area contributed by atoms with Crippen LogP contribution in [0.25, 0.3) is 11.3 Å². The number of thiazole rings is 1. The van der Waals surface area contributed by atoms with Crippen LogP contribution in [0, 0.1) is 10.1 Å². The minimum absolute atomic E-state index is 0.0384. The number of carbonyl (C=O) groups excluding carboxylic acids is 1. The van der Waals surface area contributed by atoms with Gasteiger partial charge >= 0.3 is 0 Å². The van der Waals surface area contributed by atoms with Crippen LogP contribution in [-0.4, -0.2) is 47.2 Å². The summed E-state index contributed by atoms with van der Waals surface area (Å²) >= 11 is 12.5. The van der Waals surface area contributed by atoms with Gasteiger partial charge in [-0.1, -0.05) is 23.7 Å². The second-order valence-electron chi connectivity index (χ2n) is 7.01. The number of nitrogens with one attached hydrogen (secondary N) is 2. The molecule has 1 amide bonds. The van der Waals surface area contributed by atoms with Crippen LogP contribution < -0.4 is 15.5 Å². The van der Waals surface area contributed by atoms with Crippen LogP contribution in [0.1, 0.15) is 10.4 Å². The van der Waals surface area contributed by atoms with E-state index in [4.69, 9.17) is 28.6 Å². The summed E-state index contributed by atoms with van der Waals surface area (Å²) in [5.74, 6) is -0.549. The summed E-state index contributed by atoms with van der Waals surface area (Å²) in [6.07, 6.45) is 0. The lowest BCUT2D eigenvalue weighted by molar-refractivity contribution is -0.384. The topological polar surface area (TPSA) is 110 Å². The van der Waals surface area contributed by atoms with Gasteiger partial charge in [0.05, 0.1) is 35.1 Å². The fourth-order valence-corrected chi connectivity index (χ4v) is 4.39. The van der Waals surface area contributed by atoms with Gasteiger partial charge in [-0.05, 0) is 30.4 Å². The predicted molar refractivity (Wildman–Crippen MR) is 132 cm³/mol. The summed E-state index contributed by atoms with van der Waals surface area (Å²) in [5.41, 5.74) is 2.20. The fourth-order valence-electron chi connectivity index (χ4n) is 3.28. The van der Waals surface area contributed by atoms with E-state index in [0.717, 1.165) is 11.3 Å². The van der Waals surface area contributed by atoms with Crippen LogP contribution in [0.2, 0.25) is 5.02 Å². The van der Waals surface area contributed by atoms with Gasteiger partial charge in [-0.25, -0.2) is 4.98 Å². The largest absolute Gasteiger partial charge is 0.378 e. The molecule has 12 heteroatoms. The van der Waals surface area contributed by atoms with E-state index in [-0.39, 0.29) is 16.4 Å². The summed E-state index contributed by atoms with van der Waals surface area (Å²) in [4.78, 5) is 30.1. The van der Waals surface area contributed by atoms with Crippen LogP contribution >= 0.6 is 35.2 Å². The zero-order valence-electron chi connectivity index (χ0n) is 17.1. The number of thiocarbonyl (C=S) groups is 1. The number of benzene rings is 2. The molecule has 0 radical (unpaired) electrons. The Kier molecular flexibility index (Phi) is 7.14. The average molecular weight is 504 g/mol. The number of ether oxygens (including phenoxy) is 1. The Morgan fingerprint density at radius 1 is 1.21 bits per heavy atom. The molecule has 3 aromatic rings. The number of amides is 1. The molecule has 4 rings (SSSR count). The molecule has 33 heavy (non-hydrogen) atoms. The van der Waals surface area contributed by atoms with Crippen molar-refractivity contribution in [2.75, 3.05) is 36.5 Å². The normalized spacial score (nSPS) is 13.4. The molecule has 2 N–H and O–H groups in total. The molecule has 2 heterocycles. The highest BCUT2D eigenvalue weighted by Gasteiger charge is 2.23. The first-order chi connectivity index (χ1) is 15.9. The Morgan fingerprint density at radius 3 is 2.64 bits per heavy atom. The van der Waals surface area contributed by atoms with Crippen molar-refractivity contribution < 1.29 is 14.5 Å². The summed E-state index contributed by atoms with van der Waals surface area (Å²) in [7, 11) is 0. The monoisotopic (exact) mass is 503 g/mol. The van der Waals surface area contributed by atoms with Gasteiger partial charge in [0, 0.05) is 41.2 Å². The summed E-state index contributed by atoms with van der Waals surface area (Å²) in [5, 5.41) is 19.8. The van der Waals surface area contributed by atoms with Crippen molar-refractivity contribution in [2.45, 2.75) is 0 Å². The Balaban J connectivity index is 1.48. The fraction of sp³-hybridized carbons (Fsp3) is 0.190. The number of halogens is 1. The number of nitrogens with zero attached hydrogens (tertiary/aromatic N) is 3. The smallest absolute Gasteiger partial charge is 0.270 e. The number of hydrogen-bond acceptors (Lipinski definition) is 8. The maximum atomic E-state index is 13.0. The maximum absolute atomic E-state index is 13.0. The zero-order valence-corrected chi connectivity index (χ0v) is 19.5. The van der Waals surface area contributed by atoms with E-state index in [1.54, 1.807) is 18.2 Å². The number of anilines is 2. The molecule has 1 aromatic heterocycles. The highest BCUT2D eigenvalue weighted by molar-refractivity contribution is 7.80. The maximum Gasteiger partial charge on any atom is 0.270 e. The Morgan fingerprint density at radius 2 is 1.94 bits per heavy atom. The van der Waals surface area contributed by atoms with Crippen molar-refractivity contribution in [3.63, 3.8) is 0 Å². The number of morpholine rings is 1. The molecular formula is C21H18ClN5O4S2. The number of nitro groups is 1. The van der Waals surface area contributed by atoms with E-state index in [1.165, 1.54) is 23.5 Å². The van der Waals surface area contributed by atoms with Gasteiger partial charge in [0.1, 0.15) is 0 Å². The summed E-state index contributed by atoms with van der Waals surface area (Å²) in [6, 6.07) is 11.5. The molecule has 1 aliphatic rings. The van der Waals surface area contributed by atoms with Crippen molar-refractivity contribution in [2.24, 2.45) is 0 Å². The number of rotatable bonds is 5. The van der Waals surface area contributed by atoms with Gasteiger partial charge in [0.15, 0.2) is 10.2 Å². The molecule has 1 saturated heterocycles. The molecule has 2 aromatic carbocycles. The molecule has 0 unspecified atom stereocenters. The van der Waals surface area contributed by atoms with Crippen LogP contribution in [-0.2, 0) is 4.74 Å². The van der Waals surface area contributed by atoms with Crippen molar-refractivity contribution in [3.05, 3.63) is 68.5 Å². The summed E-state index contributed by atoms with van der Waals surface area (Å²) in [6.45, 7) is 2.18. The highest BCUT2D eigenvalue weighted by atomic mass is 35.5. The SMILES string of the molecule is O=C(NC(=S)Nc1nc(-c2ccc(Cl)cc2)cs1)c1cc([N+](=O)[O-])ccc1N1CCOCC1. The number of hydrogen-bond donors (Lipinski definition) is 2. The average Bonchev–Trinajstić information content (AvgIpc) is 3.27. The third-order valence-corrected chi connectivity index (χ3v) is 6.09. The first kappa shape index (κ1) is 23.1. The third kappa shape index (κ3) is 5.63. The lowest BCUT2D eigenvalue weighted by atomic mass is 10.1. The van der Waals surface area contributed by atoms with Gasteiger partial charge in [-0.15, -0.1) is 11.3 Å². The van der Waals surface area contributed by atoms with Crippen molar-refractivity contribution >= 4 is 62.7 Å². The first-order valence-corrected chi connectivity index (χ1v) is 11.5.